The first kappa shape index (κ1) is 32.9. The summed E-state index contributed by atoms with van der Waals surface area (Å²) < 4.78 is 50.0. The smallest absolute Gasteiger partial charge is 0.271 e. The van der Waals surface area contributed by atoms with E-state index in [1.54, 1.807) is 47.1 Å². The third-order valence-electron chi connectivity index (χ3n) is 8.40. The molecule has 6 rings (SSSR count). The maximum absolute atomic E-state index is 14.1. The average molecular weight is 678 g/mol. The number of sulfonamides is 1. The van der Waals surface area contributed by atoms with E-state index in [1.807, 2.05) is 18.2 Å². The number of carbonyl (C=O) groups is 3. The lowest BCUT2D eigenvalue weighted by Gasteiger charge is -2.35. The fourth-order valence-electron chi connectivity index (χ4n) is 6.02. The second kappa shape index (κ2) is 14.0. The van der Waals surface area contributed by atoms with Gasteiger partial charge in [-0.25, -0.2) is 17.8 Å². The highest BCUT2D eigenvalue weighted by molar-refractivity contribution is 7.89. The van der Waals surface area contributed by atoms with Gasteiger partial charge in [0.05, 0.1) is 30.1 Å². The molecule has 0 spiro atoms. The van der Waals surface area contributed by atoms with Crippen molar-refractivity contribution in [1.29, 1.82) is 0 Å². The highest BCUT2D eigenvalue weighted by Crippen LogP contribution is 2.36. The molecule has 0 radical (unpaired) electrons. The Morgan fingerprint density at radius 3 is 2.62 bits per heavy atom. The summed E-state index contributed by atoms with van der Waals surface area (Å²) in [5.41, 5.74) is 3.01. The number of rotatable bonds is 3. The number of hydrogen-bond donors (Lipinski definition) is 3. The van der Waals surface area contributed by atoms with Gasteiger partial charge in [-0.15, -0.1) is 0 Å². The Balaban J connectivity index is 1.29. The summed E-state index contributed by atoms with van der Waals surface area (Å²) in [7, 11) is -4.30. The van der Waals surface area contributed by atoms with Crippen LogP contribution in [0.25, 0.3) is 0 Å². The minimum atomic E-state index is -4.30. The molecule has 2 aliphatic rings. The summed E-state index contributed by atoms with van der Waals surface area (Å²) in [6.45, 7) is 1.44. The lowest BCUT2D eigenvalue weighted by Crippen LogP contribution is -2.45. The molecule has 2 aromatic heterocycles. The first-order valence-electron chi connectivity index (χ1n) is 15.6. The first-order chi connectivity index (χ1) is 23.1. The third kappa shape index (κ3) is 6.96. The normalized spacial score (nSPS) is 18.4. The van der Waals surface area contributed by atoms with E-state index in [1.165, 1.54) is 6.07 Å². The zero-order valence-electron chi connectivity index (χ0n) is 26.3. The number of carbonyl (C=O) groups excluding carboxylic acids is 3. The summed E-state index contributed by atoms with van der Waals surface area (Å²) in [6, 6.07) is 13.8. The molecule has 13 nitrogen and oxygen atoms in total. The van der Waals surface area contributed by atoms with Crippen molar-refractivity contribution < 1.29 is 31.9 Å². The highest BCUT2D eigenvalue weighted by Gasteiger charge is 2.36. The van der Waals surface area contributed by atoms with E-state index in [9.17, 15) is 27.2 Å². The molecule has 48 heavy (non-hydrogen) atoms. The van der Waals surface area contributed by atoms with Crippen molar-refractivity contribution in [2.75, 3.05) is 39.3 Å². The third-order valence-corrected chi connectivity index (χ3v) is 10.4. The van der Waals surface area contributed by atoms with E-state index in [0.717, 1.165) is 27.7 Å². The van der Waals surface area contributed by atoms with Crippen LogP contribution in [0.5, 0.6) is 5.75 Å². The van der Waals surface area contributed by atoms with E-state index >= 15 is 0 Å². The van der Waals surface area contributed by atoms with Crippen LogP contribution in [-0.2, 0) is 32.6 Å². The SMILES string of the molecule is Cc1ccc(F)cc1S(=O)(=O)N1CCNC(=O)Cn2cnc3c2CCN(C(=O)c2ccc[nH]2)C3c2cccc(c2)OCCCNC(=O)C1. The molecule has 2 aromatic carbocycles. The fourth-order valence-corrected chi connectivity index (χ4v) is 7.66. The number of aryl methyl sites for hydroxylation is 1. The zero-order chi connectivity index (χ0) is 33.8. The van der Waals surface area contributed by atoms with Crippen LogP contribution in [0.1, 0.15) is 45.5 Å². The topological polar surface area (TPSA) is 159 Å². The fraction of sp³-hybridized carbons (Fsp3) is 0.333. The maximum atomic E-state index is 14.1. The van der Waals surface area contributed by atoms with Crippen molar-refractivity contribution in [3.8, 4) is 5.75 Å². The van der Waals surface area contributed by atoms with Crippen molar-refractivity contribution in [3.63, 3.8) is 0 Å². The van der Waals surface area contributed by atoms with E-state index in [-0.39, 0.29) is 43.6 Å². The monoisotopic (exact) mass is 677 g/mol. The van der Waals surface area contributed by atoms with Crippen LogP contribution >= 0.6 is 0 Å². The molecule has 3 amide bonds. The molecule has 0 saturated carbocycles. The summed E-state index contributed by atoms with van der Waals surface area (Å²) in [6.07, 6.45) is 4.14. The van der Waals surface area contributed by atoms with E-state index in [2.05, 4.69) is 20.6 Å². The van der Waals surface area contributed by atoms with Gasteiger partial charge in [0.2, 0.25) is 21.8 Å². The van der Waals surface area contributed by atoms with Gasteiger partial charge in [-0.05, 0) is 60.9 Å². The quantitative estimate of drug-likeness (QED) is 0.300. The van der Waals surface area contributed by atoms with Crippen molar-refractivity contribution in [1.82, 2.24) is 34.4 Å². The van der Waals surface area contributed by atoms with Gasteiger partial charge in [0.25, 0.3) is 5.91 Å². The van der Waals surface area contributed by atoms with Crippen LogP contribution in [0, 0.1) is 12.7 Å². The number of benzene rings is 2. The van der Waals surface area contributed by atoms with Crippen molar-refractivity contribution >= 4 is 27.7 Å². The van der Waals surface area contributed by atoms with Gasteiger partial charge in [-0.2, -0.15) is 4.31 Å². The second-order valence-electron chi connectivity index (χ2n) is 11.7. The number of amides is 3. The van der Waals surface area contributed by atoms with Crippen LogP contribution in [0.2, 0.25) is 0 Å². The second-order valence-corrected chi connectivity index (χ2v) is 13.6. The Morgan fingerprint density at radius 1 is 1.00 bits per heavy atom. The van der Waals surface area contributed by atoms with Gasteiger partial charge in [0, 0.05) is 44.5 Å². The minimum absolute atomic E-state index is 0.0982. The van der Waals surface area contributed by atoms with Gasteiger partial charge in [0.1, 0.15) is 29.8 Å². The summed E-state index contributed by atoms with van der Waals surface area (Å²) in [4.78, 5) is 48.8. The molecule has 15 heteroatoms. The van der Waals surface area contributed by atoms with Gasteiger partial charge >= 0.3 is 0 Å². The van der Waals surface area contributed by atoms with Crippen molar-refractivity contribution in [3.05, 3.63) is 101 Å². The molecule has 4 heterocycles. The van der Waals surface area contributed by atoms with E-state index in [4.69, 9.17) is 4.74 Å². The highest BCUT2D eigenvalue weighted by atomic mass is 32.2. The number of hydrogen-bond acceptors (Lipinski definition) is 7. The van der Waals surface area contributed by atoms with E-state index in [0.29, 0.717) is 42.1 Å². The van der Waals surface area contributed by atoms with Crippen molar-refractivity contribution in [2.45, 2.75) is 37.2 Å². The van der Waals surface area contributed by atoms with Gasteiger partial charge in [-0.3, -0.25) is 14.4 Å². The molecule has 0 aliphatic carbocycles. The molecule has 0 saturated heterocycles. The molecule has 3 N–H and O–H groups in total. The maximum Gasteiger partial charge on any atom is 0.271 e. The van der Waals surface area contributed by atoms with E-state index < -0.39 is 40.2 Å². The molecule has 0 fully saturated rings. The number of aromatic amines is 1. The number of H-pyrrole nitrogens is 1. The molecule has 1 atom stereocenters. The molecular formula is C33H36FN7O6S. The Kier molecular flexibility index (Phi) is 9.59. The number of nitrogens with zero attached hydrogens (tertiary/aromatic N) is 4. The van der Waals surface area contributed by atoms with Gasteiger partial charge in [0.15, 0.2) is 0 Å². The standard InChI is InChI=1S/C33H36FN7O6S/c1-22-8-9-24(34)18-28(22)48(45,46)40-15-13-37-29(42)19-39-21-38-31-27(39)10-14-41(33(44)26-7-3-11-35-26)32(31)23-5-2-6-25(17-23)47-16-4-12-36-30(43)20-40/h2-3,5-9,11,17-18,21,32,35H,4,10,12-16,19-20H2,1H3,(H,36,43)(H,37,42). The predicted molar refractivity (Wildman–Crippen MR) is 172 cm³/mol. The Bertz CT molecular complexity index is 1930. The van der Waals surface area contributed by atoms with Gasteiger partial charge in [-0.1, -0.05) is 18.2 Å². The summed E-state index contributed by atoms with van der Waals surface area (Å²) in [5.74, 6) is -1.30. The number of nitrogens with one attached hydrogen (secondary N) is 3. The molecule has 252 valence electrons. The van der Waals surface area contributed by atoms with Crippen LogP contribution in [0.15, 0.2) is 72.0 Å². The molecular weight excluding hydrogens is 641 g/mol. The number of halogens is 1. The Labute approximate surface area is 277 Å². The molecule has 1 unspecified atom stereocenters. The average Bonchev–Trinajstić information content (AvgIpc) is 3.75. The first-order valence-corrected chi connectivity index (χ1v) is 17.1. The van der Waals surface area contributed by atoms with Gasteiger partial charge < -0.3 is 29.8 Å². The predicted octanol–water partition coefficient (Wildman–Crippen LogP) is 2.15. The number of fused-ring (bicyclic) bond motifs is 3. The molecule has 4 aromatic rings. The van der Waals surface area contributed by atoms with Crippen LogP contribution in [0.3, 0.4) is 0 Å². The van der Waals surface area contributed by atoms with Crippen LogP contribution in [-0.4, -0.2) is 89.2 Å². The zero-order valence-corrected chi connectivity index (χ0v) is 27.1. The largest absolute Gasteiger partial charge is 0.494 e. The summed E-state index contributed by atoms with van der Waals surface area (Å²) in [5, 5.41) is 5.46. The molecule has 6 bridgehead atoms. The summed E-state index contributed by atoms with van der Waals surface area (Å²) >= 11 is 0. The Morgan fingerprint density at radius 2 is 1.81 bits per heavy atom. The number of aromatic nitrogens is 3. The minimum Gasteiger partial charge on any atom is -0.494 e. The lowest BCUT2D eigenvalue weighted by molar-refractivity contribution is -0.121. The number of ether oxygens (including phenoxy) is 1. The van der Waals surface area contributed by atoms with Crippen LogP contribution in [0.4, 0.5) is 4.39 Å². The molecule has 2 aliphatic heterocycles. The van der Waals surface area contributed by atoms with Crippen LogP contribution < -0.4 is 15.4 Å². The Hall–Kier alpha value is -5.02. The van der Waals surface area contributed by atoms with Crippen molar-refractivity contribution in [2.24, 2.45) is 0 Å². The lowest BCUT2D eigenvalue weighted by atomic mass is 9.95. The number of imidazole rings is 1.